The number of Topliss-reactive ketones (excluding diaryl/α,β-unsaturated/α-hetero) is 1. The summed E-state index contributed by atoms with van der Waals surface area (Å²) in [4.78, 5) is 26.0. The van der Waals surface area contributed by atoms with E-state index < -0.39 is 17.8 Å². The minimum absolute atomic E-state index is 0.129. The number of ketones is 1. The van der Waals surface area contributed by atoms with E-state index in [4.69, 9.17) is 16.3 Å². The number of ether oxygens (including phenoxy) is 1. The Morgan fingerprint density at radius 1 is 1.15 bits per heavy atom. The van der Waals surface area contributed by atoms with Crippen molar-refractivity contribution in [1.29, 1.82) is 0 Å². The summed E-state index contributed by atoms with van der Waals surface area (Å²) >= 11 is 7.02. The lowest BCUT2D eigenvalue weighted by Gasteiger charge is -2.30. The molecule has 0 saturated heterocycles. The van der Waals surface area contributed by atoms with Gasteiger partial charge in [0, 0.05) is 22.3 Å². The number of esters is 1. The van der Waals surface area contributed by atoms with E-state index in [1.807, 2.05) is 30.3 Å². The van der Waals surface area contributed by atoms with Crippen molar-refractivity contribution in [1.82, 2.24) is 0 Å². The SMILES string of the molecule is COC(=O)[C@@H]1C(O)=C(Sc2ccc(Cl)cc2)C(=O)C[C@@H]1c1ccccc1. The molecule has 2 aromatic carbocycles. The molecule has 6 heteroatoms. The van der Waals surface area contributed by atoms with Gasteiger partial charge in [0.25, 0.3) is 0 Å². The number of aliphatic hydroxyl groups excluding tert-OH is 1. The third-order valence-corrected chi connectivity index (χ3v) is 5.71. The van der Waals surface area contributed by atoms with Crippen molar-refractivity contribution < 1.29 is 19.4 Å². The van der Waals surface area contributed by atoms with Crippen LogP contribution in [0, 0.1) is 5.92 Å². The predicted octanol–water partition coefficient (Wildman–Crippen LogP) is 4.75. The minimum atomic E-state index is -0.907. The van der Waals surface area contributed by atoms with Crippen LogP contribution in [0.4, 0.5) is 0 Å². The number of halogens is 1. The number of thioether (sulfide) groups is 1. The van der Waals surface area contributed by atoms with Gasteiger partial charge in [-0.2, -0.15) is 0 Å². The van der Waals surface area contributed by atoms with Crippen LogP contribution in [0.15, 0.2) is 70.2 Å². The molecular formula is C20H17ClO4S. The first-order valence-corrected chi connectivity index (χ1v) is 9.23. The molecule has 0 amide bonds. The number of aliphatic hydroxyl groups is 1. The minimum Gasteiger partial charge on any atom is -0.510 e. The van der Waals surface area contributed by atoms with Gasteiger partial charge in [-0.05, 0) is 29.8 Å². The van der Waals surface area contributed by atoms with Crippen molar-refractivity contribution in [3.05, 3.63) is 75.8 Å². The number of carbonyl (C=O) groups is 2. The van der Waals surface area contributed by atoms with E-state index in [-0.39, 0.29) is 22.9 Å². The first-order valence-electron chi connectivity index (χ1n) is 8.03. The molecule has 2 atom stereocenters. The normalized spacial score (nSPS) is 20.2. The number of benzene rings is 2. The van der Waals surface area contributed by atoms with E-state index in [2.05, 4.69) is 0 Å². The molecule has 1 aliphatic rings. The monoisotopic (exact) mass is 388 g/mol. The van der Waals surface area contributed by atoms with E-state index in [0.29, 0.717) is 5.02 Å². The van der Waals surface area contributed by atoms with Crippen LogP contribution in [0.5, 0.6) is 0 Å². The van der Waals surface area contributed by atoms with Crippen molar-refractivity contribution in [2.24, 2.45) is 5.92 Å². The number of rotatable bonds is 4. The van der Waals surface area contributed by atoms with Crippen molar-refractivity contribution in [3.63, 3.8) is 0 Å². The zero-order chi connectivity index (χ0) is 18.7. The number of hydrogen-bond donors (Lipinski definition) is 1. The molecule has 0 heterocycles. The van der Waals surface area contributed by atoms with Crippen molar-refractivity contribution >= 4 is 35.1 Å². The van der Waals surface area contributed by atoms with Crippen LogP contribution in [-0.2, 0) is 14.3 Å². The average molecular weight is 389 g/mol. The lowest BCUT2D eigenvalue weighted by atomic mass is 9.77. The van der Waals surface area contributed by atoms with Gasteiger partial charge in [0.05, 0.1) is 12.0 Å². The van der Waals surface area contributed by atoms with E-state index in [1.54, 1.807) is 24.3 Å². The number of carbonyl (C=O) groups excluding carboxylic acids is 2. The van der Waals surface area contributed by atoms with E-state index >= 15 is 0 Å². The van der Waals surface area contributed by atoms with E-state index in [0.717, 1.165) is 22.2 Å². The van der Waals surface area contributed by atoms with Crippen LogP contribution in [-0.4, -0.2) is 24.0 Å². The third-order valence-electron chi connectivity index (χ3n) is 4.30. The maximum atomic E-state index is 12.7. The topological polar surface area (TPSA) is 63.6 Å². The summed E-state index contributed by atoms with van der Waals surface area (Å²) in [5.74, 6) is -2.35. The van der Waals surface area contributed by atoms with E-state index in [1.165, 1.54) is 7.11 Å². The Bertz CT molecular complexity index is 846. The molecule has 0 aromatic heterocycles. The number of hydrogen-bond acceptors (Lipinski definition) is 5. The summed E-state index contributed by atoms with van der Waals surface area (Å²) in [6, 6.07) is 16.2. The highest BCUT2D eigenvalue weighted by atomic mass is 35.5. The van der Waals surface area contributed by atoms with Crippen LogP contribution >= 0.6 is 23.4 Å². The Hall–Kier alpha value is -2.24. The average Bonchev–Trinajstić information content (AvgIpc) is 2.66. The summed E-state index contributed by atoms with van der Waals surface area (Å²) < 4.78 is 4.89. The van der Waals surface area contributed by atoms with Crippen LogP contribution in [0.2, 0.25) is 5.02 Å². The Morgan fingerprint density at radius 3 is 2.42 bits per heavy atom. The zero-order valence-corrected chi connectivity index (χ0v) is 15.6. The fraction of sp³-hybridized carbons (Fsp3) is 0.200. The highest BCUT2D eigenvalue weighted by Crippen LogP contribution is 2.44. The Labute approximate surface area is 160 Å². The standard InChI is InChI=1S/C20H17ClO4S/c1-25-20(24)17-15(12-5-3-2-4-6-12)11-16(22)19(18(17)23)26-14-9-7-13(21)8-10-14/h2-10,15,17,23H,11H2,1H3/t15-,17+/m1/s1. The molecule has 3 rings (SSSR count). The van der Waals surface area contributed by atoms with Crippen LogP contribution in [0.3, 0.4) is 0 Å². The van der Waals surface area contributed by atoms with Crippen molar-refractivity contribution in [2.75, 3.05) is 7.11 Å². The first kappa shape index (κ1) is 18.5. The summed E-state index contributed by atoms with van der Waals surface area (Å²) in [5.41, 5.74) is 0.818. The Morgan fingerprint density at radius 2 is 1.81 bits per heavy atom. The molecule has 4 nitrogen and oxygen atoms in total. The fourth-order valence-corrected chi connectivity index (χ4v) is 4.09. The molecule has 26 heavy (non-hydrogen) atoms. The van der Waals surface area contributed by atoms with Crippen molar-refractivity contribution in [3.8, 4) is 0 Å². The fourth-order valence-electron chi connectivity index (χ4n) is 3.03. The molecular weight excluding hydrogens is 372 g/mol. The smallest absolute Gasteiger partial charge is 0.317 e. The van der Waals surface area contributed by atoms with Gasteiger partial charge in [0.1, 0.15) is 11.7 Å². The quantitative estimate of drug-likeness (QED) is 0.766. The molecule has 0 spiro atoms. The molecule has 1 aliphatic carbocycles. The van der Waals surface area contributed by atoms with Crippen molar-refractivity contribution in [2.45, 2.75) is 17.2 Å². The Balaban J connectivity index is 2.00. The van der Waals surface area contributed by atoms with Gasteiger partial charge in [-0.25, -0.2) is 0 Å². The van der Waals surface area contributed by atoms with Crippen LogP contribution < -0.4 is 0 Å². The summed E-state index contributed by atoms with van der Waals surface area (Å²) in [7, 11) is 1.28. The number of methoxy groups -OCH3 is 1. The molecule has 1 N–H and O–H groups in total. The molecule has 0 aliphatic heterocycles. The molecule has 0 bridgehead atoms. The second kappa shape index (κ2) is 7.98. The van der Waals surface area contributed by atoms with Gasteiger partial charge in [-0.3, -0.25) is 9.59 Å². The molecule has 0 saturated carbocycles. The highest BCUT2D eigenvalue weighted by Gasteiger charge is 2.42. The lowest BCUT2D eigenvalue weighted by Crippen LogP contribution is -2.32. The highest BCUT2D eigenvalue weighted by molar-refractivity contribution is 8.04. The summed E-state index contributed by atoms with van der Waals surface area (Å²) in [5, 5.41) is 11.3. The van der Waals surface area contributed by atoms with Gasteiger partial charge < -0.3 is 9.84 Å². The summed E-state index contributed by atoms with van der Waals surface area (Å²) in [6.07, 6.45) is 0.129. The second-order valence-electron chi connectivity index (χ2n) is 5.92. The van der Waals surface area contributed by atoms with Crippen LogP contribution in [0.1, 0.15) is 17.9 Å². The maximum absolute atomic E-state index is 12.7. The Kier molecular flexibility index (Phi) is 5.69. The van der Waals surface area contributed by atoms with Gasteiger partial charge in [-0.1, -0.05) is 53.7 Å². The molecule has 134 valence electrons. The molecule has 2 aromatic rings. The van der Waals surface area contributed by atoms with Gasteiger partial charge >= 0.3 is 5.97 Å². The molecule has 0 unspecified atom stereocenters. The number of allylic oxidation sites excluding steroid dienone is 1. The summed E-state index contributed by atoms with van der Waals surface area (Å²) in [6.45, 7) is 0. The predicted molar refractivity (Wildman–Crippen MR) is 101 cm³/mol. The largest absolute Gasteiger partial charge is 0.510 e. The zero-order valence-electron chi connectivity index (χ0n) is 14.0. The molecule has 0 fully saturated rings. The first-order chi connectivity index (χ1) is 12.5. The van der Waals surface area contributed by atoms with Gasteiger partial charge in [-0.15, -0.1) is 0 Å². The van der Waals surface area contributed by atoms with Gasteiger partial charge in [0.2, 0.25) is 0 Å². The second-order valence-corrected chi connectivity index (χ2v) is 7.44. The van der Waals surface area contributed by atoms with Gasteiger partial charge in [0.15, 0.2) is 5.78 Å². The lowest BCUT2D eigenvalue weighted by molar-refractivity contribution is -0.146. The maximum Gasteiger partial charge on any atom is 0.317 e. The van der Waals surface area contributed by atoms with Crippen LogP contribution in [0.25, 0.3) is 0 Å². The van der Waals surface area contributed by atoms with E-state index in [9.17, 15) is 14.7 Å². The third kappa shape index (κ3) is 3.79. The molecule has 0 radical (unpaired) electrons.